The van der Waals surface area contributed by atoms with E-state index >= 15 is 0 Å². The summed E-state index contributed by atoms with van der Waals surface area (Å²) in [5.74, 6) is 0.570. The van der Waals surface area contributed by atoms with Crippen molar-refractivity contribution >= 4 is 23.2 Å². The van der Waals surface area contributed by atoms with Gasteiger partial charge in [0.25, 0.3) is 0 Å². The van der Waals surface area contributed by atoms with Crippen LogP contribution in [0.25, 0.3) is 22.8 Å². The summed E-state index contributed by atoms with van der Waals surface area (Å²) in [5.41, 5.74) is 9.60. The van der Waals surface area contributed by atoms with Gasteiger partial charge in [0.15, 0.2) is 0 Å². The van der Waals surface area contributed by atoms with E-state index in [1.165, 1.54) is 43.7 Å². The quantitative estimate of drug-likeness (QED) is 0.294. The number of nitrogens with zero attached hydrogens (tertiary/aromatic N) is 1. The summed E-state index contributed by atoms with van der Waals surface area (Å²) in [6.45, 7) is 10.2. The number of hydrogen-bond acceptors (Lipinski definition) is 2. The van der Waals surface area contributed by atoms with Crippen LogP contribution in [0.4, 0.5) is 5.69 Å². The number of anilines is 1. The Morgan fingerprint density at radius 2 is 1.72 bits per heavy atom. The predicted octanol–water partition coefficient (Wildman–Crippen LogP) is 9.06. The minimum atomic E-state index is -0.0724. The molecule has 3 heteroatoms. The van der Waals surface area contributed by atoms with Crippen LogP contribution in [0.3, 0.4) is 0 Å². The predicted molar refractivity (Wildman–Crippen MR) is 155 cm³/mol. The Labute approximate surface area is 218 Å². The third-order valence-electron chi connectivity index (χ3n) is 6.85. The maximum atomic E-state index is 11.3. The number of rotatable bonds is 10. The van der Waals surface area contributed by atoms with Gasteiger partial charge in [-0.25, -0.2) is 0 Å². The van der Waals surface area contributed by atoms with Crippen LogP contribution in [-0.4, -0.2) is 5.91 Å². The minimum absolute atomic E-state index is 0. The molecule has 1 N–H and O–H groups in total. The van der Waals surface area contributed by atoms with Crippen molar-refractivity contribution in [2.24, 2.45) is 5.92 Å². The summed E-state index contributed by atoms with van der Waals surface area (Å²) >= 11 is 0. The van der Waals surface area contributed by atoms with E-state index in [1.54, 1.807) is 0 Å². The molecule has 0 spiro atoms. The smallest absolute Gasteiger partial charge is 0.221 e. The molecule has 0 fully saturated rings. The van der Waals surface area contributed by atoms with Crippen molar-refractivity contribution in [3.8, 4) is 17.2 Å². The number of amides is 1. The number of nitrogens with one attached hydrogen (secondary N) is 1. The third-order valence-corrected chi connectivity index (χ3v) is 6.85. The lowest BCUT2D eigenvalue weighted by Gasteiger charge is -2.17. The molecule has 3 nitrogen and oxygen atoms in total. The van der Waals surface area contributed by atoms with Crippen molar-refractivity contribution in [1.82, 2.24) is 0 Å². The molecule has 0 atom stereocenters. The van der Waals surface area contributed by atoms with E-state index in [9.17, 15) is 10.1 Å². The Kier molecular flexibility index (Phi) is 9.65. The van der Waals surface area contributed by atoms with Gasteiger partial charge < -0.3 is 5.32 Å². The van der Waals surface area contributed by atoms with Crippen molar-refractivity contribution in [3.63, 3.8) is 0 Å². The van der Waals surface area contributed by atoms with Crippen LogP contribution in [0.1, 0.15) is 82.6 Å². The maximum Gasteiger partial charge on any atom is 0.221 e. The van der Waals surface area contributed by atoms with Gasteiger partial charge in [-0.3, -0.25) is 4.79 Å². The second-order valence-electron chi connectivity index (χ2n) is 9.74. The molecule has 0 heterocycles. The van der Waals surface area contributed by atoms with Crippen LogP contribution in [0.15, 0.2) is 60.7 Å². The highest BCUT2D eigenvalue weighted by Crippen LogP contribution is 2.31. The van der Waals surface area contributed by atoms with Crippen LogP contribution in [0, 0.1) is 24.2 Å². The summed E-state index contributed by atoms with van der Waals surface area (Å²) in [6, 6.07) is 23.1. The van der Waals surface area contributed by atoms with Crippen LogP contribution >= 0.6 is 0 Å². The van der Waals surface area contributed by atoms with Gasteiger partial charge in [-0.2, -0.15) is 5.26 Å². The molecule has 0 unspecified atom stereocenters. The van der Waals surface area contributed by atoms with Crippen LogP contribution < -0.4 is 5.32 Å². The fourth-order valence-corrected chi connectivity index (χ4v) is 4.96. The number of carbonyl (C=O) groups excluding carboxylic acids is 1. The van der Waals surface area contributed by atoms with E-state index in [-0.39, 0.29) is 7.33 Å². The molecule has 0 radical (unpaired) electrons. The first-order chi connectivity index (χ1) is 17.4. The topological polar surface area (TPSA) is 52.9 Å². The van der Waals surface area contributed by atoms with Crippen molar-refractivity contribution in [3.05, 3.63) is 88.5 Å². The molecule has 0 saturated carbocycles. The lowest BCUT2D eigenvalue weighted by atomic mass is 9.87. The third kappa shape index (κ3) is 6.95. The molecule has 3 aromatic carbocycles. The zero-order chi connectivity index (χ0) is 26.1. The second-order valence-corrected chi connectivity index (χ2v) is 9.74. The Balaban J connectivity index is 0.00000481. The molecule has 188 valence electrons. The number of carbonyl (C=O) groups is 1. The summed E-state index contributed by atoms with van der Waals surface area (Å²) in [5, 5.41) is 12.7. The summed E-state index contributed by atoms with van der Waals surface area (Å²) < 4.78 is 0. The standard InChI is InChI=1S/C33H38N2O.H2/c1-6-9-26(10-7-2)20-29-13-14-30(21-31(29)22-34)33-12-8-11-28(24(33)4)19-23(3)27-15-17-32(18-16-27)35-25(5)36;/h8,11-19,21,26H,6-7,9-10,20H2,1-5H3,(H,35,36);1H/b23-19+;. The molecule has 0 aliphatic rings. The van der Waals surface area contributed by atoms with Crippen LogP contribution in [-0.2, 0) is 11.2 Å². The average Bonchev–Trinajstić information content (AvgIpc) is 2.86. The van der Waals surface area contributed by atoms with E-state index in [0.717, 1.165) is 45.5 Å². The van der Waals surface area contributed by atoms with Gasteiger partial charge >= 0.3 is 0 Å². The lowest BCUT2D eigenvalue weighted by Crippen LogP contribution is -2.06. The summed E-state index contributed by atoms with van der Waals surface area (Å²) in [7, 11) is 0. The SMILES string of the molecule is CCCC(CCC)Cc1ccc(-c2cccc(/C=C(\C)c3ccc(NC(C)=O)cc3)c2C)cc1C#N.[HH]. The molecule has 0 aliphatic heterocycles. The molecule has 3 rings (SSSR count). The van der Waals surface area contributed by atoms with Gasteiger partial charge in [-0.1, -0.05) is 88.1 Å². The van der Waals surface area contributed by atoms with Gasteiger partial charge in [-0.05, 0) is 83.3 Å². The molecule has 1 amide bonds. The first-order valence-corrected chi connectivity index (χ1v) is 13.1. The number of hydrogen-bond donors (Lipinski definition) is 1. The van der Waals surface area contributed by atoms with Crippen LogP contribution in [0.5, 0.6) is 0 Å². The monoisotopic (exact) mass is 480 g/mol. The van der Waals surface area contributed by atoms with E-state index in [4.69, 9.17) is 0 Å². The molecule has 36 heavy (non-hydrogen) atoms. The first kappa shape index (κ1) is 27.0. The Bertz CT molecular complexity index is 1260. The maximum absolute atomic E-state index is 11.3. The summed E-state index contributed by atoms with van der Waals surface area (Å²) in [6.07, 6.45) is 7.97. The summed E-state index contributed by atoms with van der Waals surface area (Å²) in [4.78, 5) is 11.3. The van der Waals surface area contributed by atoms with Gasteiger partial charge in [0.05, 0.1) is 11.6 Å². The zero-order valence-corrected chi connectivity index (χ0v) is 22.3. The zero-order valence-electron chi connectivity index (χ0n) is 22.3. The van der Waals surface area contributed by atoms with Crippen molar-refractivity contribution < 1.29 is 6.22 Å². The van der Waals surface area contributed by atoms with Gasteiger partial charge in [0.1, 0.15) is 0 Å². The number of allylic oxidation sites excluding steroid dienone is 1. The van der Waals surface area contributed by atoms with Gasteiger partial charge in [0.2, 0.25) is 5.91 Å². The van der Waals surface area contributed by atoms with Crippen LogP contribution in [0.2, 0.25) is 0 Å². The molecule has 0 aliphatic carbocycles. The van der Waals surface area contributed by atoms with E-state index < -0.39 is 0 Å². The Morgan fingerprint density at radius 3 is 2.33 bits per heavy atom. The van der Waals surface area contributed by atoms with E-state index in [0.29, 0.717) is 5.92 Å². The lowest BCUT2D eigenvalue weighted by molar-refractivity contribution is -0.114. The number of benzene rings is 3. The van der Waals surface area contributed by atoms with Gasteiger partial charge in [0, 0.05) is 14.0 Å². The highest BCUT2D eigenvalue weighted by atomic mass is 16.1. The molecular formula is C33H40N2O. The van der Waals surface area contributed by atoms with Crippen molar-refractivity contribution in [1.29, 1.82) is 5.26 Å². The highest BCUT2D eigenvalue weighted by Gasteiger charge is 2.13. The minimum Gasteiger partial charge on any atom is -0.326 e. The normalized spacial score (nSPS) is 11.4. The average molecular weight is 481 g/mol. The Morgan fingerprint density at radius 1 is 1.03 bits per heavy atom. The molecular weight excluding hydrogens is 440 g/mol. The van der Waals surface area contributed by atoms with Crippen molar-refractivity contribution in [2.45, 2.75) is 66.7 Å². The highest BCUT2D eigenvalue weighted by molar-refractivity contribution is 5.89. The first-order valence-electron chi connectivity index (χ1n) is 13.1. The number of nitriles is 1. The largest absolute Gasteiger partial charge is 0.326 e. The van der Waals surface area contributed by atoms with Gasteiger partial charge in [-0.15, -0.1) is 0 Å². The second kappa shape index (κ2) is 12.9. The fourth-order valence-electron chi connectivity index (χ4n) is 4.96. The molecule has 0 saturated heterocycles. The fraction of sp³-hybridized carbons (Fsp3) is 0.333. The van der Waals surface area contributed by atoms with E-state index in [2.05, 4.69) is 81.6 Å². The molecule has 0 bridgehead atoms. The molecule has 3 aromatic rings. The van der Waals surface area contributed by atoms with Crippen molar-refractivity contribution in [2.75, 3.05) is 5.32 Å². The molecule has 0 aromatic heterocycles. The van der Waals surface area contributed by atoms with E-state index in [1.807, 2.05) is 24.3 Å². The Hall–Kier alpha value is -3.64.